The molecule has 3 fully saturated rings. The van der Waals surface area contributed by atoms with E-state index in [0.717, 1.165) is 29.6 Å². The third kappa shape index (κ3) is 0.469. The number of hydrogen-bond donors (Lipinski definition) is 0. The highest BCUT2D eigenvalue weighted by molar-refractivity contribution is 6.26. The zero-order valence-electron chi connectivity index (χ0n) is 6.75. The van der Waals surface area contributed by atoms with Gasteiger partial charge in [-0.2, -0.15) is 0 Å². The maximum absolute atomic E-state index is 4.55. The second kappa shape index (κ2) is 1.23. The predicted molar refractivity (Wildman–Crippen MR) is 44.5 cm³/mol. The highest BCUT2D eigenvalue weighted by Crippen LogP contribution is 2.71. The molecule has 4 rings (SSSR count). The molecule has 3 saturated carbocycles. The average molecular weight is 146 g/mol. The van der Waals surface area contributed by atoms with Gasteiger partial charge in [-0.3, -0.25) is 0 Å². The molecule has 1 aliphatic heterocycles. The minimum absolute atomic E-state index is 0.856. The fourth-order valence-electron chi connectivity index (χ4n) is 2.91. The van der Waals surface area contributed by atoms with E-state index in [9.17, 15) is 0 Å². The van der Waals surface area contributed by atoms with Crippen LogP contribution < -0.4 is 4.67 Å². The van der Waals surface area contributed by atoms with Crippen molar-refractivity contribution in [2.24, 2.45) is 29.6 Å². The molecule has 56 valence electrons. The molecule has 3 aliphatic carbocycles. The molecule has 0 bridgehead atoms. The first kappa shape index (κ1) is 5.16. The van der Waals surface area contributed by atoms with E-state index in [2.05, 4.69) is 11.6 Å². The fraction of sp³-hybridized carbons (Fsp3) is 0.800. The van der Waals surface area contributed by atoms with Gasteiger partial charge in [0, 0.05) is 0 Å². The van der Waals surface area contributed by atoms with Crippen LogP contribution in [-0.4, -0.2) is 11.4 Å². The van der Waals surface area contributed by atoms with Crippen molar-refractivity contribution in [2.75, 3.05) is 0 Å². The molecule has 4 atom stereocenters. The predicted octanol–water partition coefficient (Wildman–Crippen LogP) is 0.871. The fourth-order valence-corrected chi connectivity index (χ4v) is 2.91. The first-order valence-corrected chi connectivity index (χ1v) is 4.80. The normalized spacial score (nSPS) is 56.1. The molecule has 0 amide bonds. The summed E-state index contributed by atoms with van der Waals surface area (Å²) in [5, 5.41) is 0. The Hall–Kier alpha value is -0.550. The quantitative estimate of drug-likeness (QED) is 0.513. The van der Waals surface area contributed by atoms with E-state index in [1.54, 1.807) is 12.1 Å². The van der Waals surface area contributed by atoms with Gasteiger partial charge in [-0.15, -0.1) is 4.67 Å². The van der Waals surface area contributed by atoms with Crippen molar-refractivity contribution in [3.05, 3.63) is 0 Å². The van der Waals surface area contributed by atoms with Crippen molar-refractivity contribution in [2.45, 2.75) is 19.8 Å². The Morgan fingerprint density at radius 3 is 2.64 bits per heavy atom. The van der Waals surface area contributed by atoms with Crippen molar-refractivity contribution in [1.82, 2.24) is 4.67 Å². The zero-order valence-corrected chi connectivity index (χ0v) is 6.75. The van der Waals surface area contributed by atoms with Crippen LogP contribution in [0, 0.1) is 29.6 Å². The Bertz CT molecular complexity index is 314. The summed E-state index contributed by atoms with van der Waals surface area (Å²) in [6, 6.07) is 0. The zero-order chi connectivity index (χ0) is 7.16. The largest absolute Gasteiger partial charge is 0.298 e. The Morgan fingerprint density at radius 1 is 1.45 bits per heavy atom. The van der Waals surface area contributed by atoms with Crippen LogP contribution in [0.5, 0.6) is 0 Å². The molecule has 0 radical (unpaired) electrons. The molecule has 0 N–H and O–H groups in total. The van der Waals surface area contributed by atoms with Gasteiger partial charge in [-0.25, -0.2) is 0 Å². The van der Waals surface area contributed by atoms with Crippen molar-refractivity contribution in [1.29, 1.82) is 0 Å². The van der Waals surface area contributed by atoms with Gasteiger partial charge in [0.1, 0.15) is 0 Å². The summed E-state index contributed by atoms with van der Waals surface area (Å²) in [4.78, 5) is 0. The summed E-state index contributed by atoms with van der Waals surface area (Å²) < 4.78 is 4.55. The second-order valence-corrected chi connectivity index (χ2v) is 4.71. The summed E-state index contributed by atoms with van der Waals surface area (Å²) in [6.07, 6.45) is 2.87. The second-order valence-electron chi connectivity index (χ2n) is 4.71. The molecule has 0 saturated heterocycles. The lowest BCUT2D eigenvalue weighted by atomic mass is 9.90. The molecule has 11 heavy (non-hydrogen) atoms. The average Bonchev–Trinajstić information content (AvgIpc) is 2.63. The van der Waals surface area contributed by atoms with Crippen molar-refractivity contribution >= 4 is 11.4 Å². The molecule has 0 aromatic carbocycles. The summed E-state index contributed by atoms with van der Waals surface area (Å²) in [7, 11) is 0. The maximum Gasteiger partial charge on any atom is 0.298 e. The first-order chi connectivity index (χ1) is 5.36. The number of nitrogens with zero attached hydrogens (tertiary/aromatic N) is 1. The van der Waals surface area contributed by atoms with Crippen LogP contribution in [0.2, 0.25) is 0 Å². The van der Waals surface area contributed by atoms with Gasteiger partial charge in [-0.1, -0.05) is 6.92 Å². The van der Waals surface area contributed by atoms with Crippen LogP contribution >= 0.6 is 0 Å². The van der Waals surface area contributed by atoms with E-state index in [1.165, 1.54) is 12.1 Å². The smallest absolute Gasteiger partial charge is 0.101 e. The first-order valence-electron chi connectivity index (χ1n) is 4.80. The number of hydrogen-bond acceptors (Lipinski definition) is 0. The van der Waals surface area contributed by atoms with Crippen molar-refractivity contribution < 1.29 is 0 Å². The summed E-state index contributed by atoms with van der Waals surface area (Å²) >= 11 is 0. The molecule has 4 unspecified atom stereocenters. The lowest BCUT2D eigenvalue weighted by molar-refractivity contribution is 0.508. The summed E-state index contributed by atoms with van der Waals surface area (Å²) in [5.74, 6) is 5.13. The maximum atomic E-state index is 4.55. The molecule has 1 heterocycles. The Morgan fingerprint density at radius 2 is 2.27 bits per heavy atom. The molecule has 1 heteroatoms. The van der Waals surface area contributed by atoms with Gasteiger partial charge in [0.25, 0.3) is 11.4 Å². The van der Waals surface area contributed by atoms with Gasteiger partial charge >= 0.3 is 0 Å². The third-order valence-electron chi connectivity index (χ3n) is 4.07. The standard InChI is InChI=1S/C10H12N/c1-4(9-5-2-6(5)9)10-7-3-8(7)11-10/h4-7,9H,2-3H2,1H3/q+1. The monoisotopic (exact) mass is 146 g/mol. The molecule has 4 aliphatic rings. The van der Waals surface area contributed by atoms with Gasteiger partial charge < -0.3 is 0 Å². The van der Waals surface area contributed by atoms with Gasteiger partial charge in [0.2, 0.25) is 0 Å². The van der Waals surface area contributed by atoms with Crippen LogP contribution in [0.15, 0.2) is 0 Å². The number of fused-ring (bicyclic) bond motifs is 2. The van der Waals surface area contributed by atoms with Crippen LogP contribution in [0.3, 0.4) is 0 Å². The van der Waals surface area contributed by atoms with Crippen LogP contribution in [-0.2, 0) is 0 Å². The summed E-state index contributed by atoms with van der Waals surface area (Å²) in [5.41, 5.74) is 3.07. The lowest BCUT2D eigenvalue weighted by Gasteiger charge is -2.08. The van der Waals surface area contributed by atoms with E-state index in [1.807, 2.05) is 0 Å². The SMILES string of the molecule is CC(C1=[N+]=C2CC21)C1C2CC21. The Kier molecular flexibility index (Phi) is 0.575. The number of rotatable bonds is 2. The van der Waals surface area contributed by atoms with E-state index >= 15 is 0 Å². The molecule has 0 aromatic rings. The van der Waals surface area contributed by atoms with E-state index < -0.39 is 0 Å². The topological polar surface area (TPSA) is 14.1 Å². The summed E-state index contributed by atoms with van der Waals surface area (Å²) in [6.45, 7) is 2.39. The van der Waals surface area contributed by atoms with Crippen LogP contribution in [0.1, 0.15) is 19.8 Å². The van der Waals surface area contributed by atoms with Crippen LogP contribution in [0.4, 0.5) is 0 Å². The van der Waals surface area contributed by atoms with E-state index in [0.29, 0.717) is 0 Å². The Labute approximate surface area is 66.2 Å². The highest BCUT2D eigenvalue weighted by atomic mass is 14.8. The highest BCUT2D eigenvalue weighted by Gasteiger charge is 2.71. The molecule has 0 spiro atoms. The van der Waals surface area contributed by atoms with Crippen molar-refractivity contribution in [3.63, 3.8) is 0 Å². The minimum atomic E-state index is 0.856. The molecular weight excluding hydrogens is 134 g/mol. The third-order valence-corrected chi connectivity index (χ3v) is 4.07. The Balaban J connectivity index is 1.61. The van der Waals surface area contributed by atoms with Crippen molar-refractivity contribution in [3.8, 4) is 0 Å². The van der Waals surface area contributed by atoms with Gasteiger partial charge in [0.15, 0.2) is 5.92 Å². The minimum Gasteiger partial charge on any atom is -0.101 e. The lowest BCUT2D eigenvalue weighted by Crippen LogP contribution is -2.27. The van der Waals surface area contributed by atoms with E-state index in [4.69, 9.17) is 0 Å². The molecular formula is C10H12N+. The van der Waals surface area contributed by atoms with Crippen LogP contribution in [0.25, 0.3) is 0 Å². The van der Waals surface area contributed by atoms with E-state index in [-0.39, 0.29) is 0 Å². The van der Waals surface area contributed by atoms with Gasteiger partial charge in [0.05, 0.1) is 12.3 Å². The molecule has 1 nitrogen and oxygen atoms in total. The van der Waals surface area contributed by atoms with Gasteiger partial charge in [-0.05, 0) is 24.2 Å². The molecule has 0 aromatic heterocycles.